The van der Waals surface area contributed by atoms with Gasteiger partial charge in [-0.2, -0.15) is 0 Å². The van der Waals surface area contributed by atoms with Gasteiger partial charge in [0.15, 0.2) is 10.9 Å². The van der Waals surface area contributed by atoms with Crippen molar-refractivity contribution in [1.29, 1.82) is 0 Å². The molecule has 2 aliphatic rings. The smallest absolute Gasteiger partial charge is 0.191 e. The first-order chi connectivity index (χ1) is 12.2. The van der Waals surface area contributed by atoms with Crippen molar-refractivity contribution in [2.45, 2.75) is 49.7 Å². The van der Waals surface area contributed by atoms with E-state index in [2.05, 4.69) is 33.8 Å². The van der Waals surface area contributed by atoms with E-state index in [1.54, 1.807) is 23.1 Å². The molecule has 0 saturated heterocycles. The quantitative estimate of drug-likeness (QED) is 0.454. The molecule has 2 fully saturated rings. The van der Waals surface area contributed by atoms with Gasteiger partial charge in [0.1, 0.15) is 5.82 Å². The van der Waals surface area contributed by atoms with Crippen molar-refractivity contribution in [2.24, 2.45) is 0 Å². The van der Waals surface area contributed by atoms with E-state index in [1.807, 2.05) is 12.1 Å². The maximum atomic E-state index is 12.8. The number of carbonyl (C=O) groups is 1. The maximum absolute atomic E-state index is 12.8. The van der Waals surface area contributed by atoms with Gasteiger partial charge in [-0.15, -0.1) is 21.5 Å². The molecule has 2 aliphatic carbocycles. The molecule has 3 aromatic rings. The lowest BCUT2D eigenvalue weighted by atomic mass is 10.1. The minimum Gasteiger partial charge on any atom is -0.303 e. The Labute approximate surface area is 154 Å². The molecule has 25 heavy (non-hydrogen) atoms. The van der Waals surface area contributed by atoms with Gasteiger partial charge in [0, 0.05) is 16.7 Å². The molecule has 0 radical (unpaired) electrons. The van der Waals surface area contributed by atoms with Gasteiger partial charge in [-0.3, -0.25) is 4.79 Å². The van der Waals surface area contributed by atoms with Crippen LogP contribution in [-0.4, -0.2) is 26.3 Å². The lowest BCUT2D eigenvalue weighted by molar-refractivity contribution is 0.102. The van der Waals surface area contributed by atoms with E-state index in [1.165, 1.54) is 35.8 Å². The van der Waals surface area contributed by atoms with E-state index >= 15 is 0 Å². The fourth-order valence-electron chi connectivity index (χ4n) is 3.32. The summed E-state index contributed by atoms with van der Waals surface area (Å²) in [5.41, 5.74) is 1.11. The van der Waals surface area contributed by atoms with Gasteiger partial charge in [-0.05, 0) is 49.6 Å². The number of hydrogen-bond acceptors (Lipinski definition) is 5. The summed E-state index contributed by atoms with van der Waals surface area (Å²) < 4.78 is 3.50. The Morgan fingerprint density at radius 3 is 2.76 bits per heavy atom. The molecule has 5 rings (SSSR count). The van der Waals surface area contributed by atoms with Crippen LogP contribution in [0.4, 0.5) is 0 Å². The SMILES string of the molecule is Cc1c(C(=O)CSc2nnc(C3CC3)n2C2CC2)sc2ccccc12. The first kappa shape index (κ1) is 15.6. The summed E-state index contributed by atoms with van der Waals surface area (Å²) in [5, 5.41) is 10.9. The summed E-state index contributed by atoms with van der Waals surface area (Å²) >= 11 is 3.15. The first-order valence-corrected chi connectivity index (χ1v) is 10.6. The zero-order chi connectivity index (χ0) is 17.0. The standard InChI is InChI=1S/C19H19N3OS2/c1-11-14-4-2-3-5-16(14)25-17(11)15(23)10-24-19-21-20-18(12-6-7-12)22(19)13-8-9-13/h2-5,12-13H,6-10H2,1H3. The number of hydrogen-bond donors (Lipinski definition) is 0. The maximum Gasteiger partial charge on any atom is 0.191 e. The van der Waals surface area contributed by atoms with E-state index in [9.17, 15) is 4.79 Å². The fourth-order valence-corrected chi connectivity index (χ4v) is 5.44. The Bertz CT molecular complexity index is 966. The number of aryl methyl sites for hydroxylation is 1. The number of rotatable bonds is 6. The number of nitrogens with zero attached hydrogens (tertiary/aromatic N) is 3. The van der Waals surface area contributed by atoms with Crippen LogP contribution in [-0.2, 0) is 0 Å². The molecule has 0 spiro atoms. The average molecular weight is 370 g/mol. The molecule has 0 unspecified atom stereocenters. The highest BCUT2D eigenvalue weighted by Gasteiger charge is 2.36. The van der Waals surface area contributed by atoms with Crippen molar-refractivity contribution in [2.75, 3.05) is 5.75 Å². The van der Waals surface area contributed by atoms with Gasteiger partial charge >= 0.3 is 0 Å². The number of aromatic nitrogens is 3. The summed E-state index contributed by atoms with van der Waals surface area (Å²) in [6, 6.07) is 8.80. The molecule has 128 valence electrons. The van der Waals surface area contributed by atoms with Crippen LogP contribution in [0.1, 0.15) is 58.7 Å². The number of Topliss-reactive ketones (excluding diaryl/α,β-unsaturated/α-hetero) is 1. The molecule has 1 aromatic carbocycles. The van der Waals surface area contributed by atoms with Crippen LogP contribution in [0.2, 0.25) is 0 Å². The molecular weight excluding hydrogens is 350 g/mol. The Balaban J connectivity index is 1.37. The topological polar surface area (TPSA) is 47.8 Å². The molecule has 0 amide bonds. The van der Waals surface area contributed by atoms with Crippen LogP contribution >= 0.6 is 23.1 Å². The van der Waals surface area contributed by atoms with E-state index in [0.717, 1.165) is 21.4 Å². The van der Waals surface area contributed by atoms with Crippen LogP contribution in [0.5, 0.6) is 0 Å². The van der Waals surface area contributed by atoms with Crippen molar-refractivity contribution in [1.82, 2.24) is 14.8 Å². The van der Waals surface area contributed by atoms with Crippen molar-refractivity contribution in [3.05, 3.63) is 40.5 Å². The predicted octanol–water partition coefficient (Wildman–Crippen LogP) is 4.99. The van der Waals surface area contributed by atoms with Gasteiger partial charge < -0.3 is 4.57 Å². The molecule has 0 atom stereocenters. The van der Waals surface area contributed by atoms with Crippen LogP contribution < -0.4 is 0 Å². The van der Waals surface area contributed by atoms with Gasteiger partial charge in [-0.25, -0.2) is 0 Å². The lowest BCUT2D eigenvalue weighted by Crippen LogP contribution is -2.05. The molecular formula is C19H19N3OS2. The van der Waals surface area contributed by atoms with E-state index in [-0.39, 0.29) is 5.78 Å². The van der Waals surface area contributed by atoms with E-state index in [4.69, 9.17) is 0 Å². The largest absolute Gasteiger partial charge is 0.303 e. The second-order valence-corrected chi connectivity index (χ2v) is 8.98. The van der Waals surface area contributed by atoms with E-state index < -0.39 is 0 Å². The fraction of sp³-hybridized carbons (Fsp3) is 0.421. The summed E-state index contributed by atoms with van der Waals surface area (Å²) in [7, 11) is 0. The molecule has 2 aromatic heterocycles. The number of fused-ring (bicyclic) bond motifs is 1. The second kappa shape index (κ2) is 5.95. The van der Waals surface area contributed by atoms with Crippen molar-refractivity contribution in [3.63, 3.8) is 0 Å². The third-order valence-electron chi connectivity index (χ3n) is 4.97. The number of thiophene rings is 1. The minimum absolute atomic E-state index is 0.196. The monoisotopic (exact) mass is 369 g/mol. The molecule has 4 nitrogen and oxygen atoms in total. The average Bonchev–Trinajstić information content (AvgIpc) is 3.56. The third-order valence-corrected chi connectivity index (χ3v) is 7.23. The predicted molar refractivity (Wildman–Crippen MR) is 102 cm³/mol. The summed E-state index contributed by atoms with van der Waals surface area (Å²) in [4.78, 5) is 13.7. The highest BCUT2D eigenvalue weighted by atomic mass is 32.2. The van der Waals surface area contributed by atoms with Crippen LogP contribution in [0.25, 0.3) is 10.1 Å². The van der Waals surface area contributed by atoms with Crippen LogP contribution in [0.15, 0.2) is 29.4 Å². The van der Waals surface area contributed by atoms with Gasteiger partial charge in [0.05, 0.1) is 10.6 Å². The van der Waals surface area contributed by atoms with Crippen molar-refractivity contribution in [3.8, 4) is 0 Å². The highest BCUT2D eigenvalue weighted by Crippen LogP contribution is 2.46. The Morgan fingerprint density at radius 2 is 2.04 bits per heavy atom. The number of benzene rings is 1. The summed E-state index contributed by atoms with van der Waals surface area (Å²) in [6.45, 7) is 2.05. The van der Waals surface area contributed by atoms with Gasteiger partial charge in [-0.1, -0.05) is 30.0 Å². The normalized spacial score (nSPS) is 17.3. The van der Waals surface area contributed by atoms with Gasteiger partial charge in [0.25, 0.3) is 0 Å². The van der Waals surface area contributed by atoms with Crippen molar-refractivity contribution >= 4 is 39.0 Å². The lowest BCUT2D eigenvalue weighted by Gasteiger charge is -2.07. The van der Waals surface area contributed by atoms with Crippen molar-refractivity contribution < 1.29 is 4.79 Å². The molecule has 0 bridgehead atoms. The summed E-state index contributed by atoms with van der Waals surface area (Å²) in [6.07, 6.45) is 4.90. The highest BCUT2D eigenvalue weighted by molar-refractivity contribution is 7.99. The second-order valence-electron chi connectivity index (χ2n) is 6.98. The Morgan fingerprint density at radius 1 is 1.24 bits per heavy atom. The Hall–Kier alpha value is -1.66. The molecule has 0 N–H and O–H groups in total. The number of carbonyl (C=O) groups excluding carboxylic acids is 1. The Kier molecular flexibility index (Phi) is 3.71. The molecule has 0 aliphatic heterocycles. The van der Waals surface area contributed by atoms with Gasteiger partial charge in [0.2, 0.25) is 0 Å². The molecule has 6 heteroatoms. The summed E-state index contributed by atoms with van der Waals surface area (Å²) in [5.74, 6) is 2.38. The van der Waals surface area contributed by atoms with Crippen LogP contribution in [0.3, 0.4) is 0 Å². The minimum atomic E-state index is 0.196. The number of thioether (sulfide) groups is 1. The zero-order valence-corrected chi connectivity index (χ0v) is 15.7. The zero-order valence-electron chi connectivity index (χ0n) is 14.1. The number of ketones is 1. The molecule has 2 heterocycles. The third kappa shape index (κ3) is 2.81. The van der Waals surface area contributed by atoms with Crippen LogP contribution in [0, 0.1) is 6.92 Å². The van der Waals surface area contributed by atoms with E-state index in [0.29, 0.717) is 17.7 Å². The first-order valence-electron chi connectivity index (χ1n) is 8.81. The molecule has 2 saturated carbocycles.